The van der Waals surface area contributed by atoms with Crippen LogP contribution in [0.25, 0.3) is 21.9 Å². The second kappa shape index (κ2) is 6.64. The molecule has 0 bridgehead atoms. The molecule has 0 aliphatic carbocycles. The van der Waals surface area contributed by atoms with Crippen LogP contribution in [-0.4, -0.2) is 38.4 Å². The first-order valence-electron chi connectivity index (χ1n) is 9.55. The summed E-state index contributed by atoms with van der Waals surface area (Å²) in [6.07, 6.45) is 1.50. The Bertz CT molecular complexity index is 1230. The molecule has 0 unspecified atom stereocenters. The fourth-order valence-corrected chi connectivity index (χ4v) is 4.11. The van der Waals surface area contributed by atoms with Gasteiger partial charge in [-0.1, -0.05) is 36.4 Å². The maximum absolute atomic E-state index is 12.9. The first kappa shape index (κ1) is 16.7. The van der Waals surface area contributed by atoms with E-state index in [4.69, 9.17) is 0 Å². The highest BCUT2D eigenvalue weighted by atomic mass is 16.2. The van der Waals surface area contributed by atoms with Crippen LogP contribution >= 0.6 is 0 Å². The largest absolute Gasteiger partial charge is 0.337 e. The van der Waals surface area contributed by atoms with Crippen LogP contribution in [0, 0.1) is 0 Å². The molecular weight excluding hydrogens is 352 g/mol. The van der Waals surface area contributed by atoms with Gasteiger partial charge in [0.1, 0.15) is 5.69 Å². The highest BCUT2D eigenvalue weighted by Gasteiger charge is 2.27. The molecule has 0 saturated carbocycles. The van der Waals surface area contributed by atoms with Gasteiger partial charge in [-0.15, -0.1) is 0 Å². The van der Waals surface area contributed by atoms with E-state index in [9.17, 15) is 9.59 Å². The molecule has 0 spiro atoms. The molecule has 6 nitrogen and oxygen atoms in total. The predicted octanol–water partition coefficient (Wildman–Crippen LogP) is 3.36. The number of carbonyl (C=O) groups is 1. The number of imidazole rings is 1. The van der Waals surface area contributed by atoms with Gasteiger partial charge in [-0.05, 0) is 37.1 Å². The van der Waals surface area contributed by atoms with E-state index in [1.807, 2.05) is 64.1 Å². The number of carbonyl (C=O) groups excluding carboxylic acids is 1. The van der Waals surface area contributed by atoms with Crippen LogP contribution in [0.15, 0.2) is 65.5 Å². The monoisotopic (exact) mass is 372 g/mol. The van der Waals surface area contributed by atoms with Crippen LogP contribution in [0.4, 0.5) is 0 Å². The zero-order valence-electron chi connectivity index (χ0n) is 15.3. The van der Waals surface area contributed by atoms with E-state index in [2.05, 4.69) is 9.97 Å². The lowest BCUT2D eigenvalue weighted by molar-refractivity contribution is 0.0689. The Hall–Kier alpha value is -3.41. The number of likely N-dealkylation sites (tertiary alicyclic amines) is 1. The van der Waals surface area contributed by atoms with Crippen LogP contribution in [0.5, 0.6) is 0 Å². The Kier molecular flexibility index (Phi) is 3.97. The lowest BCUT2D eigenvalue weighted by Crippen LogP contribution is -2.40. The quantitative estimate of drug-likeness (QED) is 0.587. The molecule has 1 saturated heterocycles. The van der Waals surface area contributed by atoms with E-state index in [1.165, 1.54) is 0 Å². The number of nitrogens with zero attached hydrogens (tertiary/aromatic N) is 3. The summed E-state index contributed by atoms with van der Waals surface area (Å²) in [5.41, 5.74) is 3.00. The molecule has 0 radical (unpaired) electrons. The lowest BCUT2D eigenvalue weighted by Gasteiger charge is -2.32. The first-order valence-corrected chi connectivity index (χ1v) is 9.55. The maximum atomic E-state index is 12.9. The number of amides is 1. The zero-order chi connectivity index (χ0) is 19.1. The fraction of sp³-hybridized carbons (Fsp3) is 0.227. The average Bonchev–Trinajstić information content (AvgIpc) is 3.08. The van der Waals surface area contributed by atoms with Crippen molar-refractivity contribution in [2.75, 3.05) is 13.1 Å². The number of H-pyrrole nitrogens is 1. The molecule has 1 aliphatic heterocycles. The minimum absolute atomic E-state index is 0.0459. The topological polar surface area (TPSA) is 71.0 Å². The Morgan fingerprint density at radius 1 is 0.964 bits per heavy atom. The summed E-state index contributed by atoms with van der Waals surface area (Å²) in [6.45, 7) is 1.23. The molecule has 1 amide bonds. The number of piperidine rings is 1. The third kappa shape index (κ3) is 2.78. The first-order chi connectivity index (χ1) is 13.7. The molecular formula is C22H20N4O2. The molecule has 6 heteroatoms. The molecule has 28 heavy (non-hydrogen) atoms. The van der Waals surface area contributed by atoms with Gasteiger partial charge in [-0.25, -0.2) is 9.78 Å². The van der Waals surface area contributed by atoms with Gasteiger partial charge in [0.2, 0.25) is 0 Å². The van der Waals surface area contributed by atoms with Crippen molar-refractivity contribution in [1.82, 2.24) is 19.4 Å². The SMILES string of the molecule is O=C(c1ccc2ccccc2n1)N1CCC(n2c(=O)[nH]c3ccccc32)CC1. The van der Waals surface area contributed by atoms with Crippen LogP contribution in [0.3, 0.4) is 0 Å². The second-order valence-electron chi connectivity index (χ2n) is 7.23. The van der Waals surface area contributed by atoms with Crippen molar-refractivity contribution in [2.24, 2.45) is 0 Å². The van der Waals surface area contributed by atoms with Gasteiger partial charge in [0.25, 0.3) is 5.91 Å². The summed E-state index contributed by atoms with van der Waals surface area (Å²) < 4.78 is 1.84. The number of benzene rings is 2. The number of fused-ring (bicyclic) bond motifs is 2. The van der Waals surface area contributed by atoms with E-state index in [0.29, 0.717) is 18.8 Å². The number of pyridine rings is 1. The van der Waals surface area contributed by atoms with Gasteiger partial charge >= 0.3 is 5.69 Å². The Morgan fingerprint density at radius 3 is 2.57 bits per heavy atom. The number of hydrogen-bond acceptors (Lipinski definition) is 3. The van der Waals surface area contributed by atoms with Crippen molar-refractivity contribution in [1.29, 1.82) is 0 Å². The van der Waals surface area contributed by atoms with Gasteiger partial charge in [-0.3, -0.25) is 9.36 Å². The van der Waals surface area contributed by atoms with Crippen molar-refractivity contribution in [2.45, 2.75) is 18.9 Å². The highest BCUT2D eigenvalue weighted by molar-refractivity contribution is 5.95. The third-order valence-corrected chi connectivity index (χ3v) is 5.56. The Labute approximate surface area is 161 Å². The van der Waals surface area contributed by atoms with E-state index in [0.717, 1.165) is 34.8 Å². The Balaban J connectivity index is 1.35. The van der Waals surface area contributed by atoms with Crippen LogP contribution in [-0.2, 0) is 0 Å². The van der Waals surface area contributed by atoms with E-state index >= 15 is 0 Å². The summed E-state index contributed by atoms with van der Waals surface area (Å²) in [6, 6.07) is 19.4. The Morgan fingerprint density at radius 2 is 1.71 bits per heavy atom. The van der Waals surface area contributed by atoms with Crippen molar-refractivity contribution < 1.29 is 4.79 Å². The summed E-state index contributed by atoms with van der Waals surface area (Å²) in [5.74, 6) is -0.0459. The van der Waals surface area contributed by atoms with Crippen LogP contribution in [0.2, 0.25) is 0 Å². The second-order valence-corrected chi connectivity index (χ2v) is 7.23. The van der Waals surface area contributed by atoms with Gasteiger partial charge in [0.15, 0.2) is 0 Å². The van der Waals surface area contributed by atoms with Gasteiger partial charge in [0.05, 0.1) is 16.6 Å². The van der Waals surface area contributed by atoms with Crippen molar-refractivity contribution >= 4 is 27.8 Å². The molecule has 1 N–H and O–H groups in total. The summed E-state index contributed by atoms with van der Waals surface area (Å²) in [4.78, 5) is 34.6. The van der Waals surface area contributed by atoms with Gasteiger partial charge in [0, 0.05) is 24.5 Å². The van der Waals surface area contributed by atoms with Crippen molar-refractivity contribution in [3.8, 4) is 0 Å². The number of para-hydroxylation sites is 3. The van der Waals surface area contributed by atoms with Gasteiger partial charge in [-0.2, -0.15) is 0 Å². The number of nitrogens with one attached hydrogen (secondary N) is 1. The molecule has 3 heterocycles. The fourth-order valence-electron chi connectivity index (χ4n) is 4.11. The minimum Gasteiger partial charge on any atom is -0.337 e. The molecule has 5 rings (SSSR count). The van der Waals surface area contributed by atoms with Gasteiger partial charge < -0.3 is 9.88 Å². The molecule has 0 atom stereocenters. The summed E-state index contributed by atoms with van der Waals surface area (Å²) in [5, 5.41) is 1.02. The number of hydrogen-bond donors (Lipinski definition) is 1. The van der Waals surface area contributed by atoms with E-state index in [1.54, 1.807) is 6.07 Å². The summed E-state index contributed by atoms with van der Waals surface area (Å²) >= 11 is 0. The number of rotatable bonds is 2. The standard InChI is InChI=1S/C22H20N4O2/c27-21(19-10-9-15-5-1-2-6-17(15)23-19)25-13-11-16(12-14-25)26-20-8-4-3-7-18(20)24-22(26)28/h1-10,16H,11-14H2,(H,24,28). The number of aromatic nitrogens is 3. The van der Waals surface area contributed by atoms with E-state index in [-0.39, 0.29) is 17.6 Å². The third-order valence-electron chi connectivity index (χ3n) is 5.56. The molecule has 1 fully saturated rings. The average molecular weight is 372 g/mol. The minimum atomic E-state index is -0.0813. The van der Waals surface area contributed by atoms with Crippen molar-refractivity contribution in [3.63, 3.8) is 0 Å². The molecule has 140 valence electrons. The lowest BCUT2D eigenvalue weighted by atomic mass is 10.0. The van der Waals surface area contributed by atoms with E-state index < -0.39 is 0 Å². The predicted molar refractivity (Wildman–Crippen MR) is 108 cm³/mol. The van der Waals surface area contributed by atoms with Crippen LogP contribution in [0.1, 0.15) is 29.4 Å². The smallest absolute Gasteiger partial charge is 0.326 e. The molecule has 1 aliphatic rings. The summed E-state index contributed by atoms with van der Waals surface area (Å²) in [7, 11) is 0. The zero-order valence-corrected chi connectivity index (χ0v) is 15.3. The van der Waals surface area contributed by atoms with Crippen molar-refractivity contribution in [3.05, 3.63) is 76.8 Å². The normalized spacial score (nSPS) is 15.4. The molecule has 4 aromatic rings. The highest BCUT2D eigenvalue weighted by Crippen LogP contribution is 2.25. The maximum Gasteiger partial charge on any atom is 0.326 e. The molecule has 2 aromatic heterocycles. The van der Waals surface area contributed by atoms with Crippen LogP contribution < -0.4 is 5.69 Å². The molecule has 2 aromatic carbocycles. The number of aromatic amines is 1.